The molecule has 2 rings (SSSR count). The maximum absolute atomic E-state index is 12.7. The molecule has 0 atom stereocenters. The highest BCUT2D eigenvalue weighted by molar-refractivity contribution is 7.80. The number of aliphatic hydroxyl groups excluding tert-OH is 1. The minimum Gasteiger partial charge on any atom is -0.392 e. The summed E-state index contributed by atoms with van der Waals surface area (Å²) in [6.07, 6.45) is -4.71. The summed E-state index contributed by atoms with van der Waals surface area (Å²) in [5, 5.41) is 13.4. The molecule has 0 radical (unpaired) electrons. The van der Waals surface area contributed by atoms with E-state index in [-0.39, 0.29) is 16.4 Å². The lowest BCUT2D eigenvalue weighted by Crippen LogP contribution is -2.34. The quantitative estimate of drug-likeness (QED) is 0.554. The normalized spacial score (nSPS) is 11.1. The van der Waals surface area contributed by atoms with Gasteiger partial charge in [0.2, 0.25) is 0 Å². The van der Waals surface area contributed by atoms with Gasteiger partial charge in [-0.1, -0.05) is 29.8 Å². The van der Waals surface area contributed by atoms with Crippen LogP contribution in [0, 0.1) is 0 Å². The fourth-order valence-corrected chi connectivity index (χ4v) is 2.33. The van der Waals surface area contributed by atoms with Crippen LogP contribution in [0.15, 0.2) is 36.4 Å². The Bertz CT molecular complexity index is 801. The van der Waals surface area contributed by atoms with E-state index in [4.69, 9.17) is 23.8 Å². The first-order chi connectivity index (χ1) is 11.7. The zero-order valence-electron chi connectivity index (χ0n) is 12.4. The molecule has 1 heterocycles. The van der Waals surface area contributed by atoms with Gasteiger partial charge in [0.05, 0.1) is 12.3 Å². The predicted octanol–water partition coefficient (Wildman–Crippen LogP) is 3.37. The van der Waals surface area contributed by atoms with Gasteiger partial charge in [-0.25, -0.2) is 4.98 Å². The fraction of sp³-hybridized carbons (Fsp3) is 0.133. The fourth-order valence-electron chi connectivity index (χ4n) is 1.87. The van der Waals surface area contributed by atoms with Gasteiger partial charge in [0, 0.05) is 11.1 Å². The Morgan fingerprint density at radius 2 is 1.92 bits per heavy atom. The average Bonchev–Trinajstić information content (AvgIpc) is 2.56. The average molecular weight is 390 g/mol. The number of nitrogens with zero attached hydrogens (tertiary/aromatic N) is 1. The minimum absolute atomic E-state index is 0.115. The van der Waals surface area contributed by atoms with E-state index >= 15 is 0 Å². The van der Waals surface area contributed by atoms with E-state index in [9.17, 15) is 23.1 Å². The molecule has 0 bridgehead atoms. The number of carbonyl (C=O) groups is 1. The lowest BCUT2D eigenvalue weighted by Gasteiger charge is -2.16. The third-order valence-corrected chi connectivity index (χ3v) is 3.50. The zero-order chi connectivity index (χ0) is 18.6. The Morgan fingerprint density at radius 1 is 1.28 bits per heavy atom. The second kappa shape index (κ2) is 7.77. The predicted molar refractivity (Wildman–Crippen MR) is 90.3 cm³/mol. The van der Waals surface area contributed by atoms with Crippen LogP contribution in [0.1, 0.15) is 21.6 Å². The number of thiocarbonyl (C=S) groups is 1. The summed E-state index contributed by atoms with van der Waals surface area (Å²) < 4.78 is 38.2. The van der Waals surface area contributed by atoms with Gasteiger partial charge < -0.3 is 10.4 Å². The molecule has 0 fully saturated rings. The van der Waals surface area contributed by atoms with Crippen molar-refractivity contribution < 1.29 is 23.1 Å². The molecule has 25 heavy (non-hydrogen) atoms. The van der Waals surface area contributed by atoms with Gasteiger partial charge >= 0.3 is 6.18 Å². The monoisotopic (exact) mass is 389 g/mol. The molecule has 2 aromatic rings. The summed E-state index contributed by atoms with van der Waals surface area (Å²) in [5.74, 6) is -0.514. The molecule has 0 spiro atoms. The molecule has 132 valence electrons. The molecule has 0 aliphatic heterocycles. The summed E-state index contributed by atoms with van der Waals surface area (Å²) in [7, 11) is 0. The molecule has 1 aromatic heterocycles. The van der Waals surface area contributed by atoms with Crippen LogP contribution in [-0.4, -0.2) is 21.1 Å². The summed E-state index contributed by atoms with van der Waals surface area (Å²) in [6, 6.07) is 8.82. The van der Waals surface area contributed by atoms with Gasteiger partial charge in [-0.3, -0.25) is 10.1 Å². The van der Waals surface area contributed by atoms with Gasteiger partial charge in [-0.05, 0) is 30.4 Å². The molecule has 3 N–H and O–H groups in total. The smallest absolute Gasteiger partial charge is 0.392 e. The van der Waals surface area contributed by atoms with E-state index in [2.05, 4.69) is 15.6 Å². The summed E-state index contributed by atoms with van der Waals surface area (Å²) in [4.78, 5) is 15.2. The number of halogens is 4. The highest BCUT2D eigenvalue weighted by Gasteiger charge is 2.34. The van der Waals surface area contributed by atoms with E-state index < -0.39 is 29.5 Å². The Kier molecular flexibility index (Phi) is 5.93. The van der Waals surface area contributed by atoms with E-state index in [1.807, 2.05) is 0 Å². The first-order valence-corrected chi connectivity index (χ1v) is 7.56. The molecule has 0 saturated carbocycles. The number of amides is 1. The van der Waals surface area contributed by atoms with E-state index in [1.165, 1.54) is 0 Å². The van der Waals surface area contributed by atoms with Crippen molar-refractivity contribution in [2.24, 2.45) is 0 Å². The molecule has 5 nitrogen and oxygen atoms in total. The van der Waals surface area contributed by atoms with Crippen molar-refractivity contribution in [2.75, 3.05) is 5.32 Å². The molecule has 0 aliphatic carbocycles. The lowest BCUT2D eigenvalue weighted by molar-refractivity contribution is -0.141. The molecule has 0 saturated heterocycles. The van der Waals surface area contributed by atoms with Crippen LogP contribution < -0.4 is 10.6 Å². The number of benzene rings is 1. The molecule has 0 unspecified atom stereocenters. The highest BCUT2D eigenvalue weighted by atomic mass is 35.5. The number of pyridine rings is 1. The topological polar surface area (TPSA) is 74.2 Å². The Labute approximate surface area is 150 Å². The third kappa shape index (κ3) is 4.88. The molecule has 1 aromatic carbocycles. The number of nitrogens with one attached hydrogen (secondary N) is 2. The van der Waals surface area contributed by atoms with Crippen molar-refractivity contribution in [3.05, 3.63) is 58.4 Å². The summed E-state index contributed by atoms with van der Waals surface area (Å²) >= 11 is 10.7. The minimum atomic E-state index is -4.71. The van der Waals surface area contributed by atoms with Gasteiger partial charge in [0.15, 0.2) is 10.3 Å². The number of hydrogen-bond donors (Lipinski definition) is 3. The Morgan fingerprint density at radius 3 is 2.48 bits per heavy atom. The summed E-state index contributed by atoms with van der Waals surface area (Å²) in [5.41, 5.74) is -1.18. The standard InChI is InChI=1S/C15H11ClF3N3O2S/c16-12-11(9(7-23)6-10(20-12)15(17,18)19)21-14(25)22-13(24)8-4-2-1-3-5-8/h1-6,23H,7H2,(H2,21,22,24,25). The largest absolute Gasteiger partial charge is 0.433 e. The summed E-state index contributed by atoms with van der Waals surface area (Å²) in [6.45, 7) is -0.733. The number of aromatic nitrogens is 1. The highest BCUT2D eigenvalue weighted by Crippen LogP contribution is 2.33. The van der Waals surface area contributed by atoms with Crippen LogP contribution in [-0.2, 0) is 12.8 Å². The van der Waals surface area contributed by atoms with Crippen LogP contribution in [0.2, 0.25) is 5.15 Å². The van der Waals surface area contributed by atoms with Gasteiger partial charge in [0.25, 0.3) is 5.91 Å². The Balaban J connectivity index is 2.19. The van der Waals surface area contributed by atoms with Crippen molar-refractivity contribution in [3.8, 4) is 0 Å². The van der Waals surface area contributed by atoms with E-state index in [1.54, 1.807) is 30.3 Å². The van der Waals surface area contributed by atoms with Crippen LogP contribution in [0.4, 0.5) is 18.9 Å². The maximum Gasteiger partial charge on any atom is 0.433 e. The van der Waals surface area contributed by atoms with Gasteiger partial charge in [-0.2, -0.15) is 13.2 Å². The lowest BCUT2D eigenvalue weighted by atomic mass is 10.2. The molecule has 10 heteroatoms. The molecule has 0 aliphatic rings. The number of hydrogen-bond acceptors (Lipinski definition) is 4. The van der Waals surface area contributed by atoms with E-state index in [0.29, 0.717) is 11.6 Å². The van der Waals surface area contributed by atoms with Gasteiger partial charge in [0.1, 0.15) is 5.69 Å². The first-order valence-electron chi connectivity index (χ1n) is 6.77. The molecular formula is C15H11ClF3N3O2S. The van der Waals surface area contributed by atoms with Crippen LogP contribution >= 0.6 is 23.8 Å². The van der Waals surface area contributed by atoms with Crippen LogP contribution in [0.25, 0.3) is 0 Å². The van der Waals surface area contributed by atoms with Crippen molar-refractivity contribution in [2.45, 2.75) is 12.8 Å². The third-order valence-electron chi connectivity index (χ3n) is 3.02. The second-order valence-electron chi connectivity index (χ2n) is 4.76. The number of alkyl halides is 3. The zero-order valence-corrected chi connectivity index (χ0v) is 14.0. The van der Waals surface area contributed by atoms with Crippen LogP contribution in [0.3, 0.4) is 0 Å². The second-order valence-corrected chi connectivity index (χ2v) is 5.53. The number of anilines is 1. The Hall–Kier alpha value is -2.23. The van der Waals surface area contributed by atoms with Crippen molar-refractivity contribution in [1.29, 1.82) is 0 Å². The first kappa shape index (κ1) is 19.1. The van der Waals surface area contributed by atoms with Crippen molar-refractivity contribution in [3.63, 3.8) is 0 Å². The van der Waals surface area contributed by atoms with Crippen molar-refractivity contribution >= 4 is 40.5 Å². The van der Waals surface area contributed by atoms with Gasteiger partial charge in [-0.15, -0.1) is 0 Å². The van der Waals surface area contributed by atoms with Crippen molar-refractivity contribution in [1.82, 2.24) is 10.3 Å². The molecular weight excluding hydrogens is 379 g/mol. The van der Waals surface area contributed by atoms with E-state index in [0.717, 1.165) is 0 Å². The maximum atomic E-state index is 12.7. The SMILES string of the molecule is O=C(NC(=S)Nc1c(CO)cc(C(F)(F)F)nc1Cl)c1ccccc1. The number of aliphatic hydroxyl groups is 1. The molecule has 1 amide bonds. The van der Waals surface area contributed by atoms with Crippen LogP contribution in [0.5, 0.6) is 0 Å². The number of rotatable bonds is 3. The number of carbonyl (C=O) groups excluding carboxylic acids is 1.